The summed E-state index contributed by atoms with van der Waals surface area (Å²) in [5.74, 6) is 1.25. The number of nitrogens with zero attached hydrogens (tertiary/aromatic N) is 12. The highest BCUT2D eigenvalue weighted by Crippen LogP contribution is 2.49. The average molecular weight is 957 g/mol. The molecule has 0 saturated heterocycles. The third kappa shape index (κ3) is 8.89. The lowest BCUT2D eigenvalue weighted by Crippen LogP contribution is -2.15. The Labute approximate surface area is 414 Å². The van der Waals surface area contributed by atoms with Gasteiger partial charge in [-0.25, -0.2) is 9.97 Å². The van der Waals surface area contributed by atoms with E-state index in [1.165, 1.54) is 0 Å². The molecule has 0 unspecified atom stereocenters. The molecule has 72 heavy (non-hydrogen) atoms. The first kappa shape index (κ1) is 45.4. The van der Waals surface area contributed by atoms with Crippen molar-refractivity contribution in [1.82, 2.24) is 59.1 Å². The van der Waals surface area contributed by atoms with E-state index in [2.05, 4.69) is 76.9 Å². The van der Waals surface area contributed by atoms with Crippen LogP contribution in [0.2, 0.25) is 0 Å². The summed E-state index contributed by atoms with van der Waals surface area (Å²) < 4.78 is 7.05. The maximum absolute atomic E-state index is 12.9. The SMILES string of the molecule is Cc1ccnc(-c2cnn(C)c2)c1-c1cc(N)c2cnc(NC(=O)[C@@H]3C[C@H]3c3cnn(C)c3)cc2c1.Cc1ccnc(-c2cnn(C)c2)c1-c1cc(N)c2cnc(NC(=O)[C@H]3C[C@@H]3c3cnn(C)c3)cc2c1. The lowest BCUT2D eigenvalue weighted by molar-refractivity contribution is -0.118. The van der Waals surface area contributed by atoms with Gasteiger partial charge in [0, 0.05) is 134 Å². The Morgan fingerprint density at radius 3 is 1.29 bits per heavy atom. The van der Waals surface area contributed by atoms with E-state index < -0.39 is 0 Å². The van der Waals surface area contributed by atoms with Gasteiger partial charge in [0.25, 0.3) is 0 Å². The number of carbonyl (C=O) groups excluding carboxylic acids is 2. The number of aromatic nitrogens is 12. The Balaban J connectivity index is 0.000000156. The molecular formula is C54H52N16O2. The number of fused-ring (bicyclic) bond motifs is 2. The maximum atomic E-state index is 12.9. The Bertz CT molecular complexity index is 3510. The second-order valence-electron chi connectivity index (χ2n) is 19.0. The molecule has 2 fully saturated rings. The molecule has 12 rings (SSSR count). The van der Waals surface area contributed by atoms with Crippen molar-refractivity contribution in [3.63, 3.8) is 0 Å². The number of rotatable bonds is 10. The topological polar surface area (TPSA) is 233 Å². The molecule has 4 atom stereocenters. The molecular weight excluding hydrogens is 905 g/mol. The van der Waals surface area contributed by atoms with Crippen LogP contribution in [0.4, 0.5) is 23.0 Å². The summed E-state index contributed by atoms with van der Waals surface area (Å²) in [4.78, 5) is 44.0. The predicted octanol–water partition coefficient (Wildman–Crippen LogP) is 8.13. The third-order valence-electron chi connectivity index (χ3n) is 13.7. The number of nitrogen functional groups attached to an aromatic ring is 2. The van der Waals surface area contributed by atoms with E-state index in [-0.39, 0.29) is 35.5 Å². The summed E-state index contributed by atoms with van der Waals surface area (Å²) in [5.41, 5.74) is 26.0. The lowest BCUT2D eigenvalue weighted by Gasteiger charge is -2.14. The molecule has 6 N–H and O–H groups in total. The number of pyridine rings is 4. The number of nitrogens with one attached hydrogen (secondary N) is 2. The van der Waals surface area contributed by atoms with Crippen LogP contribution in [0.3, 0.4) is 0 Å². The molecule has 2 saturated carbocycles. The molecule has 2 aromatic carbocycles. The van der Waals surface area contributed by atoms with Crippen LogP contribution in [-0.4, -0.2) is 70.9 Å². The van der Waals surface area contributed by atoms with Crippen LogP contribution in [0.5, 0.6) is 0 Å². The molecule has 0 spiro atoms. The monoisotopic (exact) mass is 956 g/mol. The standard InChI is InChI=1S/2C27H26N8O/c2*1-15-4-5-29-26(19-11-32-35(3)14-19)25(15)17-6-16-8-24(30-12-22(16)23(28)7-17)33-27(36)21-9-20(21)18-10-31-34(2)13-18/h2*4-8,10-14,20-21H,9,28H2,1-3H3,(H,30,33,36)/t2*20-,21+/m10/s1. The summed E-state index contributed by atoms with van der Waals surface area (Å²) in [6.07, 6.45) is 23.8. The fourth-order valence-corrected chi connectivity index (χ4v) is 9.77. The first-order valence-corrected chi connectivity index (χ1v) is 23.6. The van der Waals surface area contributed by atoms with Crippen molar-refractivity contribution in [3.05, 3.63) is 145 Å². The summed E-state index contributed by atoms with van der Waals surface area (Å²) in [6.45, 7) is 4.12. The van der Waals surface area contributed by atoms with Crippen LogP contribution in [0.1, 0.15) is 46.9 Å². The summed E-state index contributed by atoms with van der Waals surface area (Å²) >= 11 is 0. The quantitative estimate of drug-likeness (QED) is 0.0952. The molecule has 0 radical (unpaired) electrons. The van der Waals surface area contributed by atoms with Gasteiger partial charge in [-0.2, -0.15) is 20.4 Å². The minimum Gasteiger partial charge on any atom is -0.398 e. The van der Waals surface area contributed by atoms with Crippen LogP contribution in [-0.2, 0) is 37.8 Å². The van der Waals surface area contributed by atoms with Gasteiger partial charge in [-0.15, -0.1) is 0 Å². The van der Waals surface area contributed by atoms with Gasteiger partial charge in [0.05, 0.1) is 36.2 Å². The van der Waals surface area contributed by atoms with E-state index in [1.807, 2.05) is 114 Å². The largest absolute Gasteiger partial charge is 0.398 e. The highest BCUT2D eigenvalue weighted by Gasteiger charge is 2.45. The van der Waals surface area contributed by atoms with Gasteiger partial charge in [0.2, 0.25) is 11.8 Å². The van der Waals surface area contributed by atoms with Crippen LogP contribution in [0.25, 0.3) is 66.3 Å². The minimum absolute atomic E-state index is 0.0261. The zero-order valence-electron chi connectivity index (χ0n) is 40.6. The van der Waals surface area contributed by atoms with Crippen molar-refractivity contribution in [2.75, 3.05) is 22.1 Å². The second-order valence-corrected chi connectivity index (χ2v) is 19.0. The molecule has 18 nitrogen and oxygen atoms in total. The number of hydrogen-bond donors (Lipinski definition) is 4. The number of carbonyl (C=O) groups is 2. The van der Waals surface area contributed by atoms with Crippen LogP contribution in [0, 0.1) is 25.7 Å². The van der Waals surface area contributed by atoms with E-state index >= 15 is 0 Å². The van der Waals surface area contributed by atoms with Crippen molar-refractivity contribution >= 4 is 56.4 Å². The summed E-state index contributed by atoms with van der Waals surface area (Å²) in [6, 6.07) is 15.8. The van der Waals surface area contributed by atoms with E-state index in [0.717, 1.165) is 101 Å². The molecule has 10 aromatic rings. The number of amides is 2. The lowest BCUT2D eigenvalue weighted by atomic mass is 9.94. The molecule has 360 valence electrons. The zero-order chi connectivity index (χ0) is 49.9. The summed E-state index contributed by atoms with van der Waals surface area (Å²) in [5, 5.41) is 26.5. The van der Waals surface area contributed by atoms with Crippen LogP contribution in [0.15, 0.2) is 123 Å². The van der Waals surface area contributed by atoms with Gasteiger partial charge < -0.3 is 22.1 Å². The first-order chi connectivity index (χ1) is 34.7. The van der Waals surface area contributed by atoms with Crippen molar-refractivity contribution in [2.24, 2.45) is 40.0 Å². The van der Waals surface area contributed by atoms with Gasteiger partial charge in [-0.05, 0) is 131 Å². The molecule has 8 aromatic heterocycles. The molecule has 0 aliphatic heterocycles. The van der Waals surface area contributed by atoms with Crippen molar-refractivity contribution < 1.29 is 9.59 Å². The molecule has 18 heteroatoms. The number of benzene rings is 2. The fourth-order valence-electron chi connectivity index (χ4n) is 9.77. The predicted molar refractivity (Wildman–Crippen MR) is 278 cm³/mol. The van der Waals surface area contributed by atoms with Crippen LogP contribution < -0.4 is 22.1 Å². The molecule has 8 heterocycles. The summed E-state index contributed by atoms with van der Waals surface area (Å²) in [7, 11) is 7.53. The van der Waals surface area contributed by atoms with Gasteiger partial charge in [0.15, 0.2) is 0 Å². The number of hydrogen-bond acceptors (Lipinski definition) is 12. The smallest absolute Gasteiger partial charge is 0.229 e. The first-order valence-electron chi connectivity index (χ1n) is 23.6. The molecule has 2 amide bonds. The number of anilines is 4. The van der Waals surface area contributed by atoms with E-state index in [4.69, 9.17) is 11.5 Å². The van der Waals surface area contributed by atoms with Crippen molar-refractivity contribution in [2.45, 2.75) is 38.5 Å². The van der Waals surface area contributed by atoms with E-state index in [9.17, 15) is 9.59 Å². The van der Waals surface area contributed by atoms with Gasteiger partial charge in [-0.3, -0.25) is 38.3 Å². The van der Waals surface area contributed by atoms with Gasteiger partial charge in [-0.1, -0.05) is 0 Å². The Morgan fingerprint density at radius 1 is 0.514 bits per heavy atom. The highest BCUT2D eigenvalue weighted by atomic mass is 16.2. The highest BCUT2D eigenvalue weighted by molar-refractivity contribution is 6.03. The molecule has 0 bridgehead atoms. The Hall–Kier alpha value is -9.06. The zero-order valence-corrected chi connectivity index (χ0v) is 40.6. The van der Waals surface area contributed by atoms with Gasteiger partial charge in [0.1, 0.15) is 11.6 Å². The minimum atomic E-state index is -0.0665. The van der Waals surface area contributed by atoms with E-state index in [0.29, 0.717) is 23.0 Å². The molecule has 2 aliphatic rings. The average Bonchev–Trinajstić information content (AvgIpc) is 4.07. The second kappa shape index (κ2) is 18.0. The number of nitrogens with two attached hydrogens (primary N) is 2. The Kier molecular flexibility index (Phi) is 11.4. The fraction of sp³-hybridized carbons (Fsp3) is 0.222. The van der Waals surface area contributed by atoms with Crippen LogP contribution >= 0.6 is 0 Å². The number of aryl methyl sites for hydroxylation is 6. The normalized spacial score (nSPS) is 16.9. The van der Waals surface area contributed by atoms with Crippen molar-refractivity contribution in [3.8, 4) is 44.8 Å². The van der Waals surface area contributed by atoms with E-state index in [1.54, 1.807) is 43.5 Å². The third-order valence-corrected chi connectivity index (χ3v) is 13.7. The van der Waals surface area contributed by atoms with Crippen molar-refractivity contribution in [1.29, 1.82) is 0 Å². The maximum Gasteiger partial charge on any atom is 0.229 e. The Morgan fingerprint density at radius 2 is 0.917 bits per heavy atom. The van der Waals surface area contributed by atoms with Gasteiger partial charge >= 0.3 is 0 Å². The molecule has 2 aliphatic carbocycles.